The number of anilines is 1. The molecule has 0 bridgehead atoms. The van der Waals surface area contributed by atoms with Gasteiger partial charge in [0.1, 0.15) is 28.9 Å². The molecule has 0 spiro atoms. The molecule has 1 saturated heterocycles. The Labute approximate surface area is 201 Å². The smallest absolute Gasteiger partial charge is 0.411 e. The molecule has 188 valence electrons. The van der Waals surface area contributed by atoms with Gasteiger partial charge < -0.3 is 19.9 Å². The number of likely N-dealkylation sites (tertiary alicyclic amines) is 1. The molecule has 35 heavy (non-hydrogen) atoms. The number of fused-ring (bicyclic) bond motifs is 1. The van der Waals surface area contributed by atoms with Crippen LogP contribution in [-0.4, -0.2) is 77.3 Å². The van der Waals surface area contributed by atoms with E-state index in [0.29, 0.717) is 23.1 Å². The number of pyridine rings is 1. The van der Waals surface area contributed by atoms with Crippen molar-refractivity contribution in [1.82, 2.24) is 25.2 Å². The van der Waals surface area contributed by atoms with Crippen LogP contribution in [0.2, 0.25) is 0 Å². The number of carbonyl (C=O) groups is 1. The quantitative estimate of drug-likeness (QED) is 0.639. The highest BCUT2D eigenvalue weighted by molar-refractivity contribution is 5.82. The fraction of sp³-hybridized carbons (Fsp3) is 0.583. The molecule has 1 atom stereocenters. The van der Waals surface area contributed by atoms with Crippen molar-refractivity contribution in [2.45, 2.75) is 56.3 Å². The molecule has 1 amide bonds. The SMILES string of the molecule is CN1CC[C@@H](Oc2ccnc(-c3nc4c(c(N(C)CC(=O)NC5(C(F)(F)F)CC5)n3)CCC4)c2)C1. The van der Waals surface area contributed by atoms with Crippen LogP contribution in [0.3, 0.4) is 0 Å². The summed E-state index contributed by atoms with van der Waals surface area (Å²) in [5.74, 6) is 0.982. The van der Waals surface area contributed by atoms with E-state index in [0.717, 1.165) is 50.0 Å². The maximum Gasteiger partial charge on any atom is 0.411 e. The van der Waals surface area contributed by atoms with Crippen LogP contribution < -0.4 is 15.0 Å². The van der Waals surface area contributed by atoms with Crippen LogP contribution in [0, 0.1) is 0 Å². The lowest BCUT2D eigenvalue weighted by molar-refractivity contribution is -0.170. The monoisotopic (exact) mass is 490 g/mol. The Morgan fingerprint density at radius 2 is 2.11 bits per heavy atom. The molecule has 2 aliphatic carbocycles. The topological polar surface area (TPSA) is 83.5 Å². The third-order valence-electron chi connectivity index (χ3n) is 6.94. The minimum absolute atomic E-state index is 0.0831. The lowest BCUT2D eigenvalue weighted by Crippen LogP contribution is -2.50. The molecular weight excluding hydrogens is 461 g/mol. The van der Waals surface area contributed by atoms with Crippen molar-refractivity contribution in [3.8, 4) is 17.3 Å². The van der Waals surface area contributed by atoms with Crippen molar-refractivity contribution >= 4 is 11.7 Å². The van der Waals surface area contributed by atoms with E-state index in [-0.39, 0.29) is 25.5 Å². The van der Waals surface area contributed by atoms with Crippen molar-refractivity contribution in [2.75, 3.05) is 38.6 Å². The molecule has 8 nitrogen and oxygen atoms in total. The van der Waals surface area contributed by atoms with Gasteiger partial charge in [0, 0.05) is 43.7 Å². The minimum atomic E-state index is -4.45. The molecule has 1 saturated carbocycles. The molecule has 2 aromatic rings. The van der Waals surface area contributed by atoms with Crippen LogP contribution >= 0.6 is 0 Å². The van der Waals surface area contributed by atoms with E-state index in [1.54, 1.807) is 24.2 Å². The highest BCUT2D eigenvalue weighted by Crippen LogP contribution is 2.48. The number of nitrogens with one attached hydrogen (secondary N) is 1. The predicted octanol–water partition coefficient (Wildman–Crippen LogP) is 2.76. The van der Waals surface area contributed by atoms with Crippen LogP contribution in [0.25, 0.3) is 11.5 Å². The van der Waals surface area contributed by atoms with E-state index in [4.69, 9.17) is 14.7 Å². The van der Waals surface area contributed by atoms with E-state index in [2.05, 4.69) is 22.2 Å². The average molecular weight is 491 g/mol. The van der Waals surface area contributed by atoms with Crippen molar-refractivity contribution in [3.05, 3.63) is 29.6 Å². The first-order chi connectivity index (χ1) is 16.6. The highest BCUT2D eigenvalue weighted by Gasteiger charge is 2.64. The Kier molecular flexibility index (Phi) is 6.06. The summed E-state index contributed by atoms with van der Waals surface area (Å²) in [5, 5.41) is 2.19. The molecular formula is C24H29F3N6O2. The summed E-state index contributed by atoms with van der Waals surface area (Å²) in [6.45, 7) is 1.62. The largest absolute Gasteiger partial charge is 0.489 e. The fourth-order valence-electron chi connectivity index (χ4n) is 4.83. The summed E-state index contributed by atoms with van der Waals surface area (Å²) in [6, 6.07) is 3.62. The number of ether oxygens (including phenoxy) is 1. The summed E-state index contributed by atoms with van der Waals surface area (Å²) in [6.07, 6.45) is 0.553. The van der Waals surface area contributed by atoms with Crippen LogP contribution in [0.15, 0.2) is 18.3 Å². The molecule has 3 heterocycles. The van der Waals surface area contributed by atoms with Gasteiger partial charge in [0.15, 0.2) is 5.82 Å². The van der Waals surface area contributed by atoms with Crippen molar-refractivity contribution in [2.24, 2.45) is 0 Å². The summed E-state index contributed by atoms with van der Waals surface area (Å²) < 4.78 is 45.9. The van der Waals surface area contributed by atoms with Gasteiger partial charge in [0.05, 0.1) is 6.54 Å². The highest BCUT2D eigenvalue weighted by atomic mass is 19.4. The van der Waals surface area contributed by atoms with Gasteiger partial charge >= 0.3 is 6.18 Å². The summed E-state index contributed by atoms with van der Waals surface area (Å²) in [5.41, 5.74) is 0.290. The van der Waals surface area contributed by atoms with Gasteiger partial charge in [-0.05, 0) is 51.6 Å². The van der Waals surface area contributed by atoms with Gasteiger partial charge in [-0.3, -0.25) is 9.78 Å². The van der Waals surface area contributed by atoms with Crippen LogP contribution in [0.1, 0.15) is 36.9 Å². The number of aryl methyl sites for hydroxylation is 1. The number of nitrogens with zero attached hydrogens (tertiary/aromatic N) is 5. The molecule has 11 heteroatoms. The normalized spacial score (nSPS) is 21.0. The molecule has 1 aliphatic heterocycles. The van der Waals surface area contributed by atoms with Gasteiger partial charge in [0.25, 0.3) is 0 Å². The van der Waals surface area contributed by atoms with E-state index in [1.807, 2.05) is 6.07 Å². The number of rotatable bonds is 7. The molecule has 2 fully saturated rings. The summed E-state index contributed by atoms with van der Waals surface area (Å²) in [7, 11) is 3.73. The van der Waals surface area contributed by atoms with Crippen molar-refractivity contribution in [1.29, 1.82) is 0 Å². The van der Waals surface area contributed by atoms with E-state index < -0.39 is 17.6 Å². The number of aromatic nitrogens is 3. The number of halogens is 3. The zero-order valence-electron chi connectivity index (χ0n) is 19.9. The van der Waals surface area contributed by atoms with Gasteiger partial charge in [-0.15, -0.1) is 0 Å². The second kappa shape index (κ2) is 8.92. The predicted molar refractivity (Wildman–Crippen MR) is 123 cm³/mol. The minimum Gasteiger partial charge on any atom is -0.489 e. The molecule has 3 aliphatic rings. The van der Waals surface area contributed by atoms with Crippen LogP contribution in [0.5, 0.6) is 5.75 Å². The van der Waals surface area contributed by atoms with E-state index in [9.17, 15) is 18.0 Å². The standard InChI is InChI=1S/C24H29F3N6O2/c1-32-11-7-16(13-32)35-15-6-10-28-19(12-15)21-29-18-5-3-4-17(18)22(30-21)33(2)14-20(34)31-23(8-9-23)24(25,26)27/h6,10,12,16H,3-5,7-9,11,13-14H2,1-2H3,(H,31,34)/t16-/m1/s1. The maximum absolute atomic E-state index is 13.2. The lowest BCUT2D eigenvalue weighted by Gasteiger charge is -2.24. The zero-order valence-corrected chi connectivity index (χ0v) is 19.9. The second-order valence-electron chi connectivity index (χ2n) is 9.80. The van der Waals surface area contributed by atoms with Crippen LogP contribution in [0.4, 0.5) is 19.0 Å². The second-order valence-corrected chi connectivity index (χ2v) is 9.80. The van der Waals surface area contributed by atoms with Gasteiger partial charge in [-0.1, -0.05) is 0 Å². The van der Waals surface area contributed by atoms with E-state index in [1.165, 1.54) is 0 Å². The molecule has 0 unspecified atom stereocenters. The Morgan fingerprint density at radius 1 is 1.31 bits per heavy atom. The molecule has 0 aromatic carbocycles. The number of amides is 1. The maximum atomic E-state index is 13.2. The first-order valence-corrected chi connectivity index (χ1v) is 11.9. The summed E-state index contributed by atoms with van der Waals surface area (Å²) in [4.78, 5) is 30.2. The van der Waals surface area contributed by atoms with Gasteiger partial charge in [0.2, 0.25) is 5.91 Å². The van der Waals surface area contributed by atoms with E-state index >= 15 is 0 Å². The first kappa shape index (κ1) is 23.8. The molecule has 2 aromatic heterocycles. The molecule has 0 radical (unpaired) electrons. The number of carbonyl (C=O) groups excluding carboxylic acids is 1. The van der Waals surface area contributed by atoms with Gasteiger partial charge in [-0.2, -0.15) is 13.2 Å². The number of hydrogen-bond donors (Lipinski definition) is 1. The number of alkyl halides is 3. The Morgan fingerprint density at radius 3 is 2.80 bits per heavy atom. The van der Waals surface area contributed by atoms with Crippen molar-refractivity contribution < 1.29 is 22.7 Å². The van der Waals surface area contributed by atoms with Crippen molar-refractivity contribution in [3.63, 3.8) is 0 Å². The fourth-order valence-corrected chi connectivity index (χ4v) is 4.83. The third-order valence-corrected chi connectivity index (χ3v) is 6.94. The average Bonchev–Trinajstić information content (AvgIpc) is 3.24. The van der Waals surface area contributed by atoms with Gasteiger partial charge in [-0.25, -0.2) is 9.97 Å². The molecule has 5 rings (SSSR count). The third kappa shape index (κ3) is 4.91. The van der Waals surface area contributed by atoms with Crippen LogP contribution in [-0.2, 0) is 17.6 Å². The Hall–Kier alpha value is -2.95. The zero-order chi connectivity index (χ0) is 24.8. The Bertz CT molecular complexity index is 1120. The first-order valence-electron chi connectivity index (χ1n) is 11.9. The molecule has 1 N–H and O–H groups in total. The lowest BCUT2D eigenvalue weighted by atomic mass is 10.2. The Balaban J connectivity index is 1.35. The number of likely N-dealkylation sites (N-methyl/N-ethyl adjacent to an activating group) is 2. The summed E-state index contributed by atoms with van der Waals surface area (Å²) >= 11 is 0. The number of hydrogen-bond acceptors (Lipinski definition) is 7.